The minimum Gasteiger partial charge on any atom is -0.456 e. The Morgan fingerprint density at radius 2 is 0.646 bits per heavy atom. The van der Waals surface area contributed by atoms with Gasteiger partial charge in [0.1, 0.15) is 32.7 Å². The van der Waals surface area contributed by atoms with Crippen LogP contribution in [0.15, 0.2) is 0 Å². The van der Waals surface area contributed by atoms with Crippen molar-refractivity contribution in [2.45, 2.75) is 143 Å². The van der Waals surface area contributed by atoms with E-state index < -0.39 is 141 Å². The first-order valence-electron chi connectivity index (χ1n) is 26.0. The third-order valence-corrected chi connectivity index (χ3v) is 12.1. The number of carbonyl (C=O) groups is 9. The molecule has 3 aliphatic rings. The fourth-order valence-electron chi connectivity index (χ4n) is 7.71. The Balaban J connectivity index is 0.000000616. The lowest BCUT2D eigenvalue weighted by molar-refractivity contribution is -0.915. The van der Waals surface area contributed by atoms with Gasteiger partial charge < -0.3 is 75.5 Å². The zero-order valence-electron chi connectivity index (χ0n) is 49.4. The van der Waals surface area contributed by atoms with Crippen molar-refractivity contribution in [3.05, 3.63) is 0 Å². The van der Waals surface area contributed by atoms with Gasteiger partial charge in [0, 0.05) is 62.3 Å². The summed E-state index contributed by atoms with van der Waals surface area (Å²) < 4.78 is 107. The van der Waals surface area contributed by atoms with Gasteiger partial charge in [-0.25, -0.2) is 0 Å². The van der Waals surface area contributed by atoms with Gasteiger partial charge in [0.2, 0.25) is 13.6 Å². The van der Waals surface area contributed by atoms with Crippen molar-refractivity contribution < 1.29 is 136 Å². The Morgan fingerprint density at radius 1 is 0.415 bits per heavy atom. The van der Waals surface area contributed by atoms with Gasteiger partial charge in [-0.15, -0.1) is 12.8 Å². The highest BCUT2D eigenvalue weighted by Gasteiger charge is 2.50. The molecule has 3 rings (SSSR count). The lowest BCUT2D eigenvalue weighted by Gasteiger charge is -2.40. The molecule has 0 amide bonds. The molecular formula is C53H84F2N3O24+3. The van der Waals surface area contributed by atoms with E-state index in [2.05, 4.69) is 32.9 Å². The number of rotatable bonds is 26. The quantitative estimate of drug-likeness (QED) is 0.0376. The van der Waals surface area contributed by atoms with Crippen molar-refractivity contribution in [1.29, 1.82) is 0 Å². The fourth-order valence-corrected chi connectivity index (χ4v) is 7.71. The van der Waals surface area contributed by atoms with Crippen LogP contribution in [0.2, 0.25) is 0 Å². The van der Waals surface area contributed by atoms with Crippen LogP contribution in [-0.4, -0.2) is 262 Å². The molecule has 82 heavy (non-hydrogen) atoms. The van der Waals surface area contributed by atoms with Gasteiger partial charge in [-0.2, -0.15) is 8.78 Å². The van der Waals surface area contributed by atoms with Crippen molar-refractivity contribution >= 4 is 53.7 Å². The second-order valence-electron chi connectivity index (χ2n) is 20.2. The van der Waals surface area contributed by atoms with Crippen LogP contribution in [-0.2, 0) is 114 Å². The fraction of sp³-hybridized carbons (Fsp3) is 0.755. The number of quaternary nitrogens is 3. The summed E-state index contributed by atoms with van der Waals surface area (Å²) >= 11 is 0. The van der Waals surface area contributed by atoms with Crippen LogP contribution in [0.3, 0.4) is 0 Å². The van der Waals surface area contributed by atoms with Crippen LogP contribution in [0.5, 0.6) is 0 Å². The summed E-state index contributed by atoms with van der Waals surface area (Å²) in [5.74, 6) is -0.797. The summed E-state index contributed by atoms with van der Waals surface area (Å²) in [6.45, 7) is 14.0. The van der Waals surface area contributed by atoms with Gasteiger partial charge in [-0.1, -0.05) is 0 Å². The number of halogens is 2. The first kappa shape index (κ1) is 73.9. The van der Waals surface area contributed by atoms with E-state index in [0.717, 1.165) is 17.6 Å². The van der Waals surface area contributed by atoms with Crippen molar-refractivity contribution in [3.63, 3.8) is 0 Å². The Kier molecular flexibility index (Phi) is 32.8. The van der Waals surface area contributed by atoms with E-state index in [0.29, 0.717) is 6.61 Å². The topological polar surface area (TPSA) is 292 Å². The van der Waals surface area contributed by atoms with Crippen LogP contribution in [0.4, 0.5) is 8.78 Å². The summed E-state index contributed by atoms with van der Waals surface area (Å²) in [4.78, 5) is 103. The first-order valence-corrected chi connectivity index (χ1v) is 26.0. The largest absolute Gasteiger partial charge is 0.456 e. The minimum absolute atomic E-state index is 0.0357. The summed E-state index contributed by atoms with van der Waals surface area (Å²) in [6.07, 6.45) is -2.05. The SMILES string of the molecule is C#CC[N+](C)(CF)CCOC1OC[C@H](OC(C)=O)[C@H](OC(C)=O)[C@H]1OC(C)=O.C#CC[N+](C)(CF)CCO[C@@H]1OC[C@@H](OC(C)=O)[C@H](OC(C)=O)[C@H]1OC(C)=O.CC[N+](C)(C)CCO[C@H]1OC[C@@H](OC(C)=O)[C@H](OC(C)=O)[C@H]1OC(C)=O. The number of esters is 9. The summed E-state index contributed by atoms with van der Waals surface area (Å²) in [5, 5.41) is 0. The van der Waals surface area contributed by atoms with Gasteiger partial charge in [-0.3, -0.25) is 52.1 Å². The molecular weight excluding hydrogens is 1100 g/mol. The van der Waals surface area contributed by atoms with E-state index in [1.54, 1.807) is 14.1 Å². The highest BCUT2D eigenvalue weighted by Crippen LogP contribution is 2.28. The lowest BCUT2D eigenvalue weighted by Crippen LogP contribution is -2.58. The molecule has 27 nitrogen and oxygen atoms in total. The zero-order valence-corrected chi connectivity index (χ0v) is 49.4. The van der Waals surface area contributed by atoms with Crippen LogP contribution in [0, 0.1) is 24.7 Å². The molecule has 0 aliphatic carbocycles. The maximum absolute atomic E-state index is 13.2. The molecule has 0 radical (unpaired) electrons. The maximum atomic E-state index is 13.2. The zero-order chi connectivity index (χ0) is 62.5. The third-order valence-electron chi connectivity index (χ3n) is 12.1. The molecule has 3 saturated heterocycles. The monoisotopic (exact) mass is 1180 g/mol. The third kappa shape index (κ3) is 27.7. The van der Waals surface area contributed by atoms with Crippen LogP contribution in [0.25, 0.3) is 0 Å². The molecule has 3 unspecified atom stereocenters. The summed E-state index contributed by atoms with van der Waals surface area (Å²) in [5.41, 5.74) is 0. The summed E-state index contributed by atoms with van der Waals surface area (Å²) in [7, 11) is 7.39. The van der Waals surface area contributed by atoms with E-state index in [1.807, 2.05) is 0 Å². The van der Waals surface area contributed by atoms with E-state index in [-0.39, 0.29) is 68.2 Å². The van der Waals surface area contributed by atoms with Gasteiger partial charge in [0.15, 0.2) is 73.8 Å². The number of terminal acetylenes is 2. The van der Waals surface area contributed by atoms with Crippen LogP contribution >= 0.6 is 0 Å². The van der Waals surface area contributed by atoms with Gasteiger partial charge >= 0.3 is 53.7 Å². The van der Waals surface area contributed by atoms with Gasteiger partial charge in [-0.05, 0) is 18.8 Å². The van der Waals surface area contributed by atoms with Crippen molar-refractivity contribution in [2.75, 3.05) is 121 Å². The van der Waals surface area contributed by atoms with Crippen molar-refractivity contribution in [3.8, 4) is 24.7 Å². The Labute approximate surface area is 477 Å². The van der Waals surface area contributed by atoms with Gasteiger partial charge in [0.05, 0.1) is 74.4 Å². The molecule has 3 aliphatic heterocycles. The van der Waals surface area contributed by atoms with E-state index in [4.69, 9.17) is 83.9 Å². The van der Waals surface area contributed by atoms with Crippen LogP contribution < -0.4 is 0 Å². The molecule has 0 aromatic carbocycles. The predicted molar refractivity (Wildman–Crippen MR) is 276 cm³/mol. The molecule has 0 aromatic rings. The summed E-state index contributed by atoms with van der Waals surface area (Å²) in [6, 6.07) is 0. The van der Waals surface area contributed by atoms with E-state index in [9.17, 15) is 51.9 Å². The normalized spacial score (nSPS) is 26.3. The Morgan fingerprint density at radius 3 is 0.854 bits per heavy atom. The Bertz CT molecular complexity index is 2090. The lowest BCUT2D eigenvalue weighted by atomic mass is 10.0. The highest BCUT2D eigenvalue weighted by atomic mass is 19.1. The molecule has 0 N–H and O–H groups in total. The number of likely N-dealkylation sites (N-methyl/N-ethyl adjacent to an activating group) is 3. The highest BCUT2D eigenvalue weighted by molar-refractivity contribution is 5.70. The van der Waals surface area contributed by atoms with Crippen molar-refractivity contribution in [2.24, 2.45) is 0 Å². The molecule has 14 atom stereocenters. The molecule has 29 heteroatoms. The second kappa shape index (κ2) is 36.4. The maximum Gasteiger partial charge on any atom is 0.303 e. The second-order valence-corrected chi connectivity index (χ2v) is 20.2. The number of hydrogen-bond donors (Lipinski definition) is 0. The smallest absolute Gasteiger partial charge is 0.303 e. The average molecular weight is 1190 g/mol. The van der Waals surface area contributed by atoms with Crippen molar-refractivity contribution in [1.82, 2.24) is 0 Å². The number of hydrogen-bond acceptors (Lipinski definition) is 24. The number of alkyl halides is 2. The predicted octanol–water partition coefficient (Wildman–Crippen LogP) is 0.573. The first-order chi connectivity index (χ1) is 38.3. The number of ether oxygens (including phenoxy) is 15. The van der Waals surface area contributed by atoms with Crippen LogP contribution in [0.1, 0.15) is 69.2 Å². The number of nitrogens with zero attached hydrogens (tertiary/aromatic N) is 3. The molecule has 3 heterocycles. The molecule has 466 valence electrons. The van der Waals surface area contributed by atoms with E-state index >= 15 is 0 Å². The average Bonchev–Trinajstić information content (AvgIpc) is 3.40. The molecule has 0 bridgehead atoms. The van der Waals surface area contributed by atoms with Gasteiger partial charge in [0.25, 0.3) is 0 Å². The molecule has 0 spiro atoms. The Hall–Kier alpha value is -6.15. The molecule has 3 fully saturated rings. The standard InChI is InChI=1S/2C18H27FNO8.C17H30NO8/c2*1-6-7-20(5,11-19)8-9-24-18-17(28-14(4)23)16(27-13(3)22)15(10-25-18)26-12(2)21;1-7-18(5,6)8-9-22-17-16(26-13(4)21)15(25-12(3)20)14(10-23-17)24-11(2)19/h2*1,15-18H,7-11H2,2-5H3;14-17H,7-10H2,1-6H3/q3*+1/t15-,16+,17-,18-,20?;15-,16-,17+,18?,20?;14-,15+,16-,17+/m101/s1. The number of carbonyl (C=O) groups excluding carboxylic acids is 9. The molecule has 0 aromatic heterocycles. The minimum atomic E-state index is -1.17. The van der Waals surface area contributed by atoms with E-state index in [1.165, 1.54) is 62.3 Å². The molecule has 0 saturated carbocycles.